The van der Waals surface area contributed by atoms with Crippen LogP contribution in [0.25, 0.3) is 0 Å². The molecule has 0 aliphatic rings. The summed E-state index contributed by atoms with van der Waals surface area (Å²) in [6.45, 7) is -0.0704. The molecule has 3 nitrogen and oxygen atoms in total. The van der Waals surface area contributed by atoms with E-state index in [-0.39, 0.29) is 17.1 Å². The van der Waals surface area contributed by atoms with Crippen LogP contribution in [0.3, 0.4) is 0 Å². The second kappa shape index (κ2) is 3.91. The Morgan fingerprint density at radius 3 is 2.69 bits per heavy atom. The highest BCUT2D eigenvalue weighted by atomic mass is 35.5. The highest BCUT2D eigenvalue weighted by Gasteiger charge is 2.12. The van der Waals surface area contributed by atoms with Crippen LogP contribution >= 0.6 is 11.6 Å². The molecule has 0 radical (unpaired) electrons. The zero-order chi connectivity index (χ0) is 10.0. The molecule has 0 aliphatic heterocycles. The Hall–Kier alpha value is -0.840. The van der Waals surface area contributed by atoms with Crippen LogP contribution in [0.5, 0.6) is 5.75 Å². The van der Waals surface area contributed by atoms with Gasteiger partial charge in [0.15, 0.2) is 11.6 Å². The molecule has 0 heterocycles. The minimum atomic E-state index is -0.798. The average Bonchev–Trinajstić information content (AvgIpc) is 2.05. The lowest BCUT2D eigenvalue weighted by atomic mass is 10.2. The lowest BCUT2D eigenvalue weighted by molar-refractivity contribution is -0.0738. The van der Waals surface area contributed by atoms with Crippen molar-refractivity contribution in [2.24, 2.45) is 0 Å². The molecule has 0 unspecified atom stereocenters. The van der Waals surface area contributed by atoms with Crippen LogP contribution in [-0.2, 0) is 6.54 Å². The first kappa shape index (κ1) is 10.2. The Balaban J connectivity index is 3.10. The topological polar surface area (TPSA) is 43.7 Å². The molecule has 1 rings (SSSR count). The molecule has 2 N–H and O–H groups in total. The Morgan fingerprint density at radius 1 is 1.54 bits per heavy atom. The number of nitrogens with zero attached hydrogens (tertiary/aromatic N) is 1. The number of phenols is 1. The molecule has 0 amide bonds. The van der Waals surface area contributed by atoms with E-state index >= 15 is 0 Å². The number of hydrogen-bond donors (Lipinski definition) is 2. The second-order valence-corrected chi connectivity index (χ2v) is 3.08. The van der Waals surface area contributed by atoms with Crippen molar-refractivity contribution >= 4 is 11.6 Å². The molecule has 72 valence electrons. The van der Waals surface area contributed by atoms with Crippen LogP contribution in [0.2, 0.25) is 5.02 Å². The van der Waals surface area contributed by atoms with Crippen molar-refractivity contribution in [3.8, 4) is 5.75 Å². The summed E-state index contributed by atoms with van der Waals surface area (Å²) in [4.78, 5) is 0. The van der Waals surface area contributed by atoms with Crippen molar-refractivity contribution in [3.05, 3.63) is 28.5 Å². The third-order valence-corrected chi connectivity index (χ3v) is 1.91. The predicted octanol–water partition coefficient (Wildman–Crippen LogP) is 2.01. The summed E-state index contributed by atoms with van der Waals surface area (Å²) >= 11 is 5.66. The van der Waals surface area contributed by atoms with Crippen LogP contribution < -0.4 is 0 Å². The quantitative estimate of drug-likeness (QED) is 0.726. The van der Waals surface area contributed by atoms with Crippen LogP contribution in [0.15, 0.2) is 12.1 Å². The van der Waals surface area contributed by atoms with Crippen molar-refractivity contribution in [2.45, 2.75) is 6.54 Å². The maximum atomic E-state index is 13.2. The molecule has 1 aromatic carbocycles. The maximum Gasteiger partial charge on any atom is 0.170 e. The molecule has 5 heteroatoms. The number of hydroxylamine groups is 2. The van der Waals surface area contributed by atoms with Crippen molar-refractivity contribution in [3.63, 3.8) is 0 Å². The molecule has 0 atom stereocenters. The fourth-order valence-electron chi connectivity index (χ4n) is 0.959. The van der Waals surface area contributed by atoms with Gasteiger partial charge in [0.1, 0.15) is 0 Å². The predicted molar refractivity (Wildman–Crippen MR) is 46.3 cm³/mol. The smallest absolute Gasteiger partial charge is 0.170 e. The Morgan fingerprint density at radius 2 is 2.15 bits per heavy atom. The fourth-order valence-corrected chi connectivity index (χ4v) is 1.16. The van der Waals surface area contributed by atoms with Gasteiger partial charge < -0.3 is 10.3 Å². The van der Waals surface area contributed by atoms with Gasteiger partial charge in [-0.2, -0.15) is 5.06 Å². The summed E-state index contributed by atoms with van der Waals surface area (Å²) < 4.78 is 13.2. The highest BCUT2D eigenvalue weighted by molar-refractivity contribution is 6.31. The first-order valence-corrected chi connectivity index (χ1v) is 3.96. The summed E-state index contributed by atoms with van der Waals surface area (Å²) in [6, 6.07) is 2.54. The molecule has 13 heavy (non-hydrogen) atoms. The normalized spacial score (nSPS) is 10.8. The molecule has 0 saturated heterocycles. The first-order chi connectivity index (χ1) is 6.02. The Bertz CT molecular complexity index is 317. The van der Waals surface area contributed by atoms with E-state index in [9.17, 15) is 4.39 Å². The van der Waals surface area contributed by atoms with Gasteiger partial charge in [0.2, 0.25) is 0 Å². The molecule has 0 fully saturated rings. The molecule has 0 bridgehead atoms. The molecule has 1 aromatic rings. The minimum Gasteiger partial charge on any atom is -0.505 e. The number of hydrogen-bond acceptors (Lipinski definition) is 3. The van der Waals surface area contributed by atoms with Gasteiger partial charge in [-0.25, -0.2) is 4.39 Å². The van der Waals surface area contributed by atoms with E-state index in [1.165, 1.54) is 19.2 Å². The zero-order valence-electron chi connectivity index (χ0n) is 6.96. The van der Waals surface area contributed by atoms with Gasteiger partial charge in [-0.15, -0.1) is 0 Å². The van der Waals surface area contributed by atoms with Gasteiger partial charge in [-0.05, 0) is 12.1 Å². The number of halogens is 2. The number of benzene rings is 1. The number of rotatable bonds is 2. The van der Waals surface area contributed by atoms with Gasteiger partial charge in [-0.1, -0.05) is 11.6 Å². The van der Waals surface area contributed by atoms with E-state index in [1.54, 1.807) is 0 Å². The van der Waals surface area contributed by atoms with E-state index in [2.05, 4.69) is 0 Å². The van der Waals surface area contributed by atoms with Crippen LogP contribution in [-0.4, -0.2) is 22.4 Å². The largest absolute Gasteiger partial charge is 0.505 e. The summed E-state index contributed by atoms with van der Waals surface area (Å²) in [5, 5.41) is 18.8. The van der Waals surface area contributed by atoms with Crippen LogP contribution in [0.4, 0.5) is 4.39 Å². The number of aromatic hydroxyl groups is 1. The molecular formula is C8H9ClFNO2. The van der Waals surface area contributed by atoms with Gasteiger partial charge in [0.05, 0.1) is 6.54 Å². The van der Waals surface area contributed by atoms with Crippen LogP contribution in [0.1, 0.15) is 5.56 Å². The molecule has 0 aromatic heterocycles. The summed E-state index contributed by atoms with van der Waals surface area (Å²) in [5.74, 6) is -1.27. The third-order valence-electron chi connectivity index (χ3n) is 1.55. The summed E-state index contributed by atoms with van der Waals surface area (Å²) in [5.41, 5.74) is 0.0756. The van der Waals surface area contributed by atoms with E-state index in [1.807, 2.05) is 0 Å². The maximum absolute atomic E-state index is 13.2. The number of phenolic OH excluding ortho intramolecular Hbond substituents is 1. The minimum absolute atomic E-state index is 0.0704. The average molecular weight is 206 g/mol. The van der Waals surface area contributed by atoms with Crippen molar-refractivity contribution < 1.29 is 14.7 Å². The van der Waals surface area contributed by atoms with Crippen molar-refractivity contribution in [1.29, 1.82) is 0 Å². The van der Waals surface area contributed by atoms with Crippen molar-refractivity contribution in [2.75, 3.05) is 7.05 Å². The lowest BCUT2D eigenvalue weighted by Gasteiger charge is -2.11. The van der Waals surface area contributed by atoms with E-state index in [4.69, 9.17) is 21.9 Å². The summed E-state index contributed by atoms with van der Waals surface area (Å²) in [7, 11) is 1.36. The summed E-state index contributed by atoms with van der Waals surface area (Å²) in [6.07, 6.45) is 0. The zero-order valence-corrected chi connectivity index (χ0v) is 7.72. The third kappa shape index (κ3) is 2.30. The van der Waals surface area contributed by atoms with Gasteiger partial charge in [0, 0.05) is 17.6 Å². The second-order valence-electron chi connectivity index (χ2n) is 2.67. The van der Waals surface area contributed by atoms with E-state index in [0.717, 1.165) is 5.06 Å². The van der Waals surface area contributed by atoms with E-state index in [0.29, 0.717) is 0 Å². The first-order valence-electron chi connectivity index (χ1n) is 3.58. The fraction of sp³-hybridized carbons (Fsp3) is 0.250. The van der Waals surface area contributed by atoms with Crippen molar-refractivity contribution in [1.82, 2.24) is 5.06 Å². The van der Waals surface area contributed by atoms with Gasteiger partial charge >= 0.3 is 0 Å². The molecule has 0 saturated carbocycles. The standard InChI is InChI=1S/C8H9ClFNO2/c1-11(13)4-5-6(9)2-3-7(12)8(5)10/h2-3,12-13H,4H2,1H3. The Labute approximate surface area is 79.9 Å². The molecule has 0 spiro atoms. The van der Waals surface area contributed by atoms with Gasteiger partial charge in [0.25, 0.3) is 0 Å². The molecule has 0 aliphatic carbocycles. The monoisotopic (exact) mass is 205 g/mol. The van der Waals surface area contributed by atoms with Crippen LogP contribution in [0, 0.1) is 5.82 Å². The highest BCUT2D eigenvalue weighted by Crippen LogP contribution is 2.26. The molecular weight excluding hydrogens is 197 g/mol. The van der Waals surface area contributed by atoms with E-state index < -0.39 is 11.6 Å². The lowest BCUT2D eigenvalue weighted by Crippen LogP contribution is -2.13. The SMILES string of the molecule is CN(O)Cc1c(Cl)ccc(O)c1F. The van der Waals surface area contributed by atoms with Gasteiger partial charge in [-0.3, -0.25) is 0 Å². The Kier molecular flexibility index (Phi) is 3.08.